The minimum Gasteiger partial charge on any atom is -0.352 e. The average molecular weight is 516 g/mol. The van der Waals surface area contributed by atoms with Crippen molar-refractivity contribution >= 4 is 27.5 Å². The normalized spacial score (nSPS) is 13.0. The van der Waals surface area contributed by atoms with Gasteiger partial charge in [-0.3, -0.25) is 13.9 Å². The van der Waals surface area contributed by atoms with Crippen molar-refractivity contribution in [2.75, 3.05) is 17.1 Å². The second-order valence-electron chi connectivity index (χ2n) is 9.21. The van der Waals surface area contributed by atoms with Gasteiger partial charge in [0.2, 0.25) is 21.8 Å². The number of amides is 2. The Morgan fingerprint density at radius 1 is 0.917 bits per heavy atom. The molecular formula is C28H41N3O4S. The summed E-state index contributed by atoms with van der Waals surface area (Å²) in [5, 5.41) is 3.01. The summed E-state index contributed by atoms with van der Waals surface area (Å²) in [4.78, 5) is 28.1. The van der Waals surface area contributed by atoms with Gasteiger partial charge in [-0.2, -0.15) is 0 Å². The summed E-state index contributed by atoms with van der Waals surface area (Å²) in [6.07, 6.45) is 3.81. The van der Waals surface area contributed by atoms with Gasteiger partial charge < -0.3 is 10.2 Å². The number of hydrogen-bond acceptors (Lipinski definition) is 4. The molecular weight excluding hydrogens is 474 g/mol. The van der Waals surface area contributed by atoms with Crippen molar-refractivity contribution in [3.05, 3.63) is 65.7 Å². The summed E-state index contributed by atoms with van der Waals surface area (Å²) in [7, 11) is -3.51. The number of sulfonamides is 1. The fraction of sp³-hybridized carbons (Fsp3) is 0.500. The van der Waals surface area contributed by atoms with Crippen LogP contribution in [-0.4, -0.2) is 50.0 Å². The quantitative estimate of drug-likeness (QED) is 0.401. The van der Waals surface area contributed by atoms with E-state index in [0.717, 1.165) is 24.0 Å². The zero-order chi connectivity index (χ0) is 26.7. The minimum absolute atomic E-state index is 0.0163. The van der Waals surface area contributed by atoms with Gasteiger partial charge in [-0.1, -0.05) is 63.2 Å². The summed E-state index contributed by atoms with van der Waals surface area (Å²) in [5.41, 5.74) is 2.65. The molecule has 2 aromatic rings. The van der Waals surface area contributed by atoms with Crippen molar-refractivity contribution in [3.63, 3.8) is 0 Å². The Hall–Kier alpha value is -2.87. The molecule has 0 fully saturated rings. The standard InChI is InChI=1S/C28H41N3O4S/c1-6-22(4)29-28(33)26(8-3)30(21-24-13-10-9-11-14-24)27(32)15-12-20-31(36(5,34)35)25-18-16-23(7-2)17-19-25/h9-11,13-14,16-19,22,26H,6-8,12,15,20-21H2,1-5H3,(H,29,33)/t22-,26+/m0/s1. The first-order chi connectivity index (χ1) is 17.1. The molecule has 8 heteroatoms. The number of rotatable bonds is 14. The topological polar surface area (TPSA) is 86.8 Å². The molecule has 0 aliphatic heterocycles. The van der Waals surface area contributed by atoms with E-state index in [-0.39, 0.29) is 30.8 Å². The Labute approximate surface area is 216 Å². The van der Waals surface area contributed by atoms with E-state index in [1.807, 2.05) is 70.2 Å². The van der Waals surface area contributed by atoms with Crippen LogP contribution in [0.1, 0.15) is 64.5 Å². The largest absolute Gasteiger partial charge is 0.352 e. The summed E-state index contributed by atoms with van der Waals surface area (Å²) in [5.74, 6) is -0.329. The molecule has 2 atom stereocenters. The Morgan fingerprint density at radius 3 is 2.08 bits per heavy atom. The molecule has 2 aromatic carbocycles. The van der Waals surface area contributed by atoms with Crippen LogP contribution in [0.15, 0.2) is 54.6 Å². The molecule has 0 unspecified atom stereocenters. The maximum Gasteiger partial charge on any atom is 0.243 e. The van der Waals surface area contributed by atoms with E-state index < -0.39 is 16.1 Å². The van der Waals surface area contributed by atoms with Gasteiger partial charge in [-0.05, 0) is 55.9 Å². The zero-order valence-electron chi connectivity index (χ0n) is 22.2. The second-order valence-corrected chi connectivity index (χ2v) is 11.1. The maximum absolute atomic E-state index is 13.4. The Bertz CT molecular complexity index is 1070. The summed E-state index contributed by atoms with van der Waals surface area (Å²) in [6, 6.07) is 16.5. The van der Waals surface area contributed by atoms with Gasteiger partial charge in [0.25, 0.3) is 0 Å². The highest BCUT2D eigenvalue weighted by atomic mass is 32.2. The third-order valence-electron chi connectivity index (χ3n) is 6.37. The van der Waals surface area contributed by atoms with Crippen LogP contribution >= 0.6 is 0 Å². The number of nitrogens with one attached hydrogen (secondary N) is 1. The van der Waals surface area contributed by atoms with Crippen LogP contribution in [0, 0.1) is 0 Å². The first-order valence-electron chi connectivity index (χ1n) is 12.8. The molecule has 0 radical (unpaired) electrons. The highest BCUT2D eigenvalue weighted by molar-refractivity contribution is 7.92. The molecule has 0 bridgehead atoms. The number of carbonyl (C=O) groups is 2. The fourth-order valence-electron chi connectivity index (χ4n) is 4.04. The molecule has 198 valence electrons. The molecule has 2 rings (SSSR count). The summed E-state index contributed by atoms with van der Waals surface area (Å²) >= 11 is 0. The van der Waals surface area contributed by atoms with E-state index >= 15 is 0 Å². The van der Waals surface area contributed by atoms with Gasteiger partial charge in [0, 0.05) is 25.6 Å². The lowest BCUT2D eigenvalue weighted by molar-refractivity contribution is -0.141. The average Bonchev–Trinajstić information content (AvgIpc) is 2.86. The van der Waals surface area contributed by atoms with Gasteiger partial charge in [0.15, 0.2) is 0 Å². The van der Waals surface area contributed by atoms with Crippen LogP contribution in [0.25, 0.3) is 0 Å². The molecule has 36 heavy (non-hydrogen) atoms. The van der Waals surface area contributed by atoms with Gasteiger partial charge >= 0.3 is 0 Å². The number of anilines is 1. The molecule has 0 heterocycles. The molecule has 2 amide bonds. The van der Waals surface area contributed by atoms with Crippen LogP contribution in [0.5, 0.6) is 0 Å². The lowest BCUT2D eigenvalue weighted by Gasteiger charge is -2.32. The molecule has 0 saturated heterocycles. The van der Waals surface area contributed by atoms with Gasteiger partial charge in [-0.15, -0.1) is 0 Å². The number of benzene rings is 2. The van der Waals surface area contributed by atoms with Gasteiger partial charge in [-0.25, -0.2) is 8.42 Å². The van der Waals surface area contributed by atoms with Crippen molar-refractivity contribution in [2.24, 2.45) is 0 Å². The lowest BCUT2D eigenvalue weighted by atomic mass is 10.1. The van der Waals surface area contributed by atoms with E-state index in [2.05, 4.69) is 5.32 Å². The summed E-state index contributed by atoms with van der Waals surface area (Å²) in [6.45, 7) is 8.40. The second kappa shape index (κ2) is 14.0. The monoisotopic (exact) mass is 515 g/mol. The van der Waals surface area contributed by atoms with E-state index in [1.165, 1.54) is 10.6 Å². The molecule has 0 aliphatic carbocycles. The fourth-order valence-corrected chi connectivity index (χ4v) is 5.01. The smallest absolute Gasteiger partial charge is 0.243 e. The molecule has 0 spiro atoms. The lowest BCUT2D eigenvalue weighted by Crippen LogP contribution is -2.50. The first-order valence-corrected chi connectivity index (χ1v) is 14.7. The van der Waals surface area contributed by atoms with Crippen molar-refractivity contribution in [1.29, 1.82) is 0 Å². The van der Waals surface area contributed by atoms with E-state index in [9.17, 15) is 18.0 Å². The predicted octanol–water partition coefficient (Wildman–Crippen LogP) is 4.52. The van der Waals surface area contributed by atoms with Gasteiger partial charge in [0.1, 0.15) is 6.04 Å². The summed E-state index contributed by atoms with van der Waals surface area (Å²) < 4.78 is 26.3. The number of hydrogen-bond donors (Lipinski definition) is 1. The molecule has 1 N–H and O–H groups in total. The molecule has 0 aromatic heterocycles. The van der Waals surface area contributed by atoms with Crippen LogP contribution < -0.4 is 9.62 Å². The van der Waals surface area contributed by atoms with E-state index in [1.54, 1.807) is 17.0 Å². The number of carbonyl (C=O) groups excluding carboxylic acids is 2. The highest BCUT2D eigenvalue weighted by Crippen LogP contribution is 2.20. The Morgan fingerprint density at radius 2 is 1.56 bits per heavy atom. The Balaban J connectivity index is 2.18. The van der Waals surface area contributed by atoms with Crippen molar-refractivity contribution in [3.8, 4) is 0 Å². The zero-order valence-corrected chi connectivity index (χ0v) is 23.1. The number of nitrogens with zero attached hydrogens (tertiary/aromatic N) is 2. The molecule has 7 nitrogen and oxygen atoms in total. The third kappa shape index (κ3) is 8.66. The predicted molar refractivity (Wildman–Crippen MR) is 146 cm³/mol. The van der Waals surface area contributed by atoms with E-state index in [0.29, 0.717) is 25.1 Å². The van der Waals surface area contributed by atoms with Crippen LogP contribution in [0.2, 0.25) is 0 Å². The van der Waals surface area contributed by atoms with E-state index in [4.69, 9.17) is 0 Å². The van der Waals surface area contributed by atoms with Crippen molar-refractivity contribution in [1.82, 2.24) is 10.2 Å². The Kier molecular flexibility index (Phi) is 11.4. The molecule has 0 aliphatic rings. The molecule has 0 saturated carbocycles. The van der Waals surface area contributed by atoms with Crippen molar-refractivity contribution < 1.29 is 18.0 Å². The maximum atomic E-state index is 13.4. The van der Waals surface area contributed by atoms with Crippen molar-refractivity contribution in [2.45, 2.75) is 78.4 Å². The van der Waals surface area contributed by atoms with Gasteiger partial charge in [0.05, 0.1) is 11.9 Å². The van der Waals surface area contributed by atoms with Crippen LogP contribution in [0.4, 0.5) is 5.69 Å². The first kappa shape index (κ1) is 29.4. The number of aryl methyl sites for hydroxylation is 1. The SMILES string of the molecule is CCc1ccc(N(CCCC(=O)N(Cc2ccccc2)[C@H](CC)C(=O)N[C@@H](C)CC)S(C)(=O)=O)cc1. The van der Waals surface area contributed by atoms with Crippen LogP contribution in [0.3, 0.4) is 0 Å². The highest BCUT2D eigenvalue weighted by Gasteiger charge is 2.29. The third-order valence-corrected chi connectivity index (χ3v) is 7.56. The minimum atomic E-state index is -3.51. The van der Waals surface area contributed by atoms with Crippen LogP contribution in [-0.2, 0) is 32.6 Å².